The Morgan fingerprint density at radius 3 is 2.45 bits per heavy atom. The molecule has 5 nitrogen and oxygen atoms in total. The minimum atomic E-state index is 0. The molecule has 2 N–H and O–H groups in total. The van der Waals surface area contributed by atoms with Crippen molar-refractivity contribution in [3.63, 3.8) is 0 Å². The standard InChI is InChI=1S/C23H36N4O.HI/c1-3-18-9-11-19(12-10-18)13-15-25-23(24-2)26-21-14-16-27(17-21)22(28)20-7-5-4-6-8-20;/h9-12,20-21H,3-8,13-17H2,1-2H3,(H2,24,25,26);1H. The van der Waals surface area contributed by atoms with Gasteiger partial charge in [0.05, 0.1) is 0 Å². The number of guanidine groups is 1. The summed E-state index contributed by atoms with van der Waals surface area (Å²) < 4.78 is 0. The average Bonchev–Trinajstić information content (AvgIpc) is 3.22. The van der Waals surface area contributed by atoms with Gasteiger partial charge in [-0.3, -0.25) is 9.79 Å². The number of hydrogen-bond donors (Lipinski definition) is 2. The number of benzene rings is 1. The molecule has 1 aromatic carbocycles. The fraction of sp³-hybridized carbons (Fsp3) is 0.652. The van der Waals surface area contributed by atoms with E-state index in [0.717, 1.165) is 57.7 Å². The molecule has 2 fully saturated rings. The Morgan fingerprint density at radius 2 is 1.79 bits per heavy atom. The third kappa shape index (κ3) is 7.15. The first-order valence-electron chi connectivity index (χ1n) is 11.0. The predicted molar refractivity (Wildman–Crippen MR) is 131 cm³/mol. The molecule has 0 aromatic heterocycles. The molecule has 29 heavy (non-hydrogen) atoms. The number of carbonyl (C=O) groups excluding carboxylic acids is 1. The smallest absolute Gasteiger partial charge is 0.225 e. The van der Waals surface area contributed by atoms with Crippen molar-refractivity contribution < 1.29 is 4.79 Å². The van der Waals surface area contributed by atoms with E-state index in [1.807, 2.05) is 7.05 Å². The van der Waals surface area contributed by atoms with Crippen LogP contribution in [0, 0.1) is 5.92 Å². The molecule has 2 aliphatic rings. The number of likely N-dealkylation sites (tertiary alicyclic amines) is 1. The molecule has 0 bridgehead atoms. The van der Waals surface area contributed by atoms with Crippen molar-refractivity contribution in [2.45, 2.75) is 64.3 Å². The number of nitrogens with zero attached hydrogens (tertiary/aromatic N) is 2. The summed E-state index contributed by atoms with van der Waals surface area (Å²) in [5, 5.41) is 6.92. The zero-order valence-corrected chi connectivity index (χ0v) is 20.3. The van der Waals surface area contributed by atoms with Gasteiger partial charge in [-0.15, -0.1) is 24.0 Å². The monoisotopic (exact) mass is 512 g/mol. The fourth-order valence-corrected chi connectivity index (χ4v) is 4.34. The molecular weight excluding hydrogens is 475 g/mol. The maximum absolute atomic E-state index is 12.7. The van der Waals surface area contributed by atoms with Gasteiger partial charge in [-0.05, 0) is 43.2 Å². The summed E-state index contributed by atoms with van der Waals surface area (Å²) in [6.45, 7) is 4.70. The third-order valence-corrected chi connectivity index (χ3v) is 6.16. The highest BCUT2D eigenvalue weighted by molar-refractivity contribution is 14.0. The minimum absolute atomic E-state index is 0. The van der Waals surface area contributed by atoms with Crippen LogP contribution in [0.3, 0.4) is 0 Å². The summed E-state index contributed by atoms with van der Waals surface area (Å²) in [5.41, 5.74) is 2.72. The number of carbonyl (C=O) groups is 1. The van der Waals surface area contributed by atoms with Gasteiger partial charge in [0.1, 0.15) is 0 Å². The van der Waals surface area contributed by atoms with Crippen LogP contribution in [0.2, 0.25) is 0 Å². The Labute approximate surface area is 193 Å². The van der Waals surface area contributed by atoms with E-state index in [0.29, 0.717) is 11.9 Å². The Bertz CT molecular complexity index is 655. The van der Waals surface area contributed by atoms with E-state index in [9.17, 15) is 4.79 Å². The Morgan fingerprint density at radius 1 is 1.10 bits per heavy atom. The number of nitrogens with one attached hydrogen (secondary N) is 2. The van der Waals surface area contributed by atoms with Gasteiger partial charge in [-0.1, -0.05) is 50.5 Å². The zero-order valence-electron chi connectivity index (χ0n) is 18.0. The second-order valence-electron chi connectivity index (χ2n) is 8.17. The molecule has 1 aliphatic carbocycles. The minimum Gasteiger partial charge on any atom is -0.356 e. The summed E-state index contributed by atoms with van der Waals surface area (Å²) in [6, 6.07) is 9.13. The number of aliphatic imine (C=N–C) groups is 1. The van der Waals surface area contributed by atoms with Gasteiger partial charge in [0.15, 0.2) is 5.96 Å². The van der Waals surface area contributed by atoms with Crippen molar-refractivity contribution in [2.75, 3.05) is 26.7 Å². The van der Waals surface area contributed by atoms with Crippen LogP contribution in [0.15, 0.2) is 29.3 Å². The molecule has 1 saturated heterocycles. The molecule has 1 heterocycles. The van der Waals surface area contributed by atoms with Gasteiger partial charge in [-0.25, -0.2) is 0 Å². The number of aryl methyl sites for hydroxylation is 1. The van der Waals surface area contributed by atoms with Gasteiger partial charge in [0, 0.05) is 38.6 Å². The highest BCUT2D eigenvalue weighted by Crippen LogP contribution is 2.26. The molecule has 1 amide bonds. The van der Waals surface area contributed by atoms with Gasteiger partial charge in [0.2, 0.25) is 5.91 Å². The lowest BCUT2D eigenvalue weighted by molar-refractivity contribution is -0.135. The van der Waals surface area contributed by atoms with Crippen molar-refractivity contribution in [1.29, 1.82) is 0 Å². The average molecular weight is 512 g/mol. The number of hydrogen-bond acceptors (Lipinski definition) is 2. The Hall–Kier alpha value is -1.31. The number of rotatable bonds is 6. The summed E-state index contributed by atoms with van der Waals surface area (Å²) in [7, 11) is 1.81. The summed E-state index contributed by atoms with van der Waals surface area (Å²) in [4.78, 5) is 19.2. The first-order chi connectivity index (χ1) is 13.7. The van der Waals surface area contributed by atoms with E-state index in [4.69, 9.17) is 0 Å². The van der Waals surface area contributed by atoms with E-state index >= 15 is 0 Å². The lowest BCUT2D eigenvalue weighted by Crippen LogP contribution is -2.46. The van der Waals surface area contributed by atoms with E-state index in [1.165, 1.54) is 30.4 Å². The molecular formula is C23H37IN4O. The molecule has 1 aromatic rings. The topological polar surface area (TPSA) is 56.7 Å². The van der Waals surface area contributed by atoms with Crippen molar-refractivity contribution in [2.24, 2.45) is 10.9 Å². The van der Waals surface area contributed by atoms with Crippen molar-refractivity contribution in [3.05, 3.63) is 35.4 Å². The van der Waals surface area contributed by atoms with E-state index < -0.39 is 0 Å². The fourth-order valence-electron chi connectivity index (χ4n) is 4.34. The zero-order chi connectivity index (χ0) is 19.8. The molecule has 162 valence electrons. The lowest BCUT2D eigenvalue weighted by atomic mass is 9.88. The van der Waals surface area contributed by atoms with Crippen LogP contribution in [0.5, 0.6) is 0 Å². The van der Waals surface area contributed by atoms with E-state index in [-0.39, 0.29) is 29.9 Å². The SMILES string of the molecule is CCc1ccc(CCNC(=NC)NC2CCN(C(=O)C3CCCCC3)C2)cc1.I. The summed E-state index contributed by atoms with van der Waals surface area (Å²) in [5.74, 6) is 1.48. The van der Waals surface area contributed by atoms with E-state index in [2.05, 4.69) is 51.7 Å². The Balaban J connectivity index is 0.00000300. The second kappa shape index (κ2) is 12.4. The maximum atomic E-state index is 12.7. The first kappa shape index (κ1) is 24.0. The first-order valence-corrected chi connectivity index (χ1v) is 11.0. The van der Waals surface area contributed by atoms with Crippen LogP contribution in [0.1, 0.15) is 56.6 Å². The second-order valence-corrected chi connectivity index (χ2v) is 8.17. The van der Waals surface area contributed by atoms with Crippen molar-refractivity contribution >= 4 is 35.8 Å². The number of amides is 1. The molecule has 0 radical (unpaired) electrons. The maximum Gasteiger partial charge on any atom is 0.225 e. The molecule has 3 rings (SSSR count). The highest BCUT2D eigenvalue weighted by atomic mass is 127. The molecule has 0 spiro atoms. The number of halogens is 1. The lowest BCUT2D eigenvalue weighted by Gasteiger charge is -2.26. The third-order valence-electron chi connectivity index (χ3n) is 6.16. The van der Waals surface area contributed by atoms with Crippen LogP contribution in [0.25, 0.3) is 0 Å². The summed E-state index contributed by atoms with van der Waals surface area (Å²) >= 11 is 0. The van der Waals surface area contributed by atoms with Crippen LogP contribution < -0.4 is 10.6 Å². The van der Waals surface area contributed by atoms with Crippen LogP contribution in [0.4, 0.5) is 0 Å². The van der Waals surface area contributed by atoms with Crippen molar-refractivity contribution in [1.82, 2.24) is 15.5 Å². The largest absolute Gasteiger partial charge is 0.356 e. The van der Waals surface area contributed by atoms with Crippen LogP contribution >= 0.6 is 24.0 Å². The Kier molecular flexibility index (Phi) is 10.2. The van der Waals surface area contributed by atoms with Crippen LogP contribution in [-0.2, 0) is 17.6 Å². The normalized spacial score (nSPS) is 20.3. The predicted octanol–water partition coefficient (Wildman–Crippen LogP) is 3.76. The quantitative estimate of drug-likeness (QED) is 0.347. The van der Waals surface area contributed by atoms with Gasteiger partial charge < -0.3 is 15.5 Å². The molecule has 6 heteroatoms. The summed E-state index contributed by atoms with van der Waals surface area (Å²) in [6.07, 6.45) is 8.92. The van der Waals surface area contributed by atoms with Crippen molar-refractivity contribution in [3.8, 4) is 0 Å². The van der Waals surface area contributed by atoms with Gasteiger partial charge >= 0.3 is 0 Å². The molecule has 1 aliphatic heterocycles. The molecule has 1 saturated carbocycles. The van der Waals surface area contributed by atoms with Crippen LogP contribution in [-0.4, -0.2) is 49.5 Å². The molecule has 1 atom stereocenters. The molecule has 1 unspecified atom stereocenters. The highest BCUT2D eigenvalue weighted by Gasteiger charge is 2.31. The van der Waals surface area contributed by atoms with E-state index in [1.54, 1.807) is 0 Å². The van der Waals surface area contributed by atoms with Gasteiger partial charge in [0.25, 0.3) is 0 Å². The van der Waals surface area contributed by atoms with Gasteiger partial charge in [-0.2, -0.15) is 0 Å².